The number of aromatic nitrogens is 4. The van der Waals surface area contributed by atoms with Gasteiger partial charge in [0.25, 0.3) is 0 Å². The number of hydrogen-bond acceptors (Lipinski definition) is 6. The summed E-state index contributed by atoms with van der Waals surface area (Å²) in [4.78, 5) is 21.0. The number of nitrogens with zero attached hydrogens (tertiary/aromatic N) is 4. The molecule has 0 spiro atoms. The van der Waals surface area contributed by atoms with Crippen LogP contribution in [0.4, 0.5) is 0 Å². The minimum absolute atomic E-state index is 0.236. The summed E-state index contributed by atoms with van der Waals surface area (Å²) in [7, 11) is 0. The van der Waals surface area contributed by atoms with Crippen LogP contribution in [0.25, 0.3) is 110 Å². The molecule has 57 heavy (non-hydrogen) atoms. The largest absolute Gasteiger partial charge is 0.436 e. The molecule has 11 aromatic rings. The molecule has 3 heterocycles. The summed E-state index contributed by atoms with van der Waals surface area (Å²) in [5, 5.41) is 6.85. The highest BCUT2D eigenvalue weighted by Gasteiger charge is 2.38. The maximum absolute atomic E-state index is 6.36. The van der Waals surface area contributed by atoms with Crippen LogP contribution in [-0.4, -0.2) is 19.9 Å². The predicted octanol–water partition coefficient (Wildman–Crippen LogP) is 13.7. The zero-order valence-corrected chi connectivity index (χ0v) is 31.9. The first-order valence-corrected chi connectivity index (χ1v) is 20.0. The van der Waals surface area contributed by atoms with Gasteiger partial charge in [0.2, 0.25) is 5.89 Å². The van der Waals surface area contributed by atoms with Crippen molar-refractivity contribution >= 4 is 64.2 Å². The Morgan fingerprint density at radius 1 is 0.474 bits per heavy atom. The molecular formula is C51H32N4OS. The molecule has 0 radical (unpaired) electrons. The van der Waals surface area contributed by atoms with Crippen LogP contribution in [0, 0.1) is 0 Å². The normalized spacial score (nSPS) is 13.2. The van der Waals surface area contributed by atoms with Crippen molar-refractivity contribution in [1.82, 2.24) is 19.9 Å². The van der Waals surface area contributed by atoms with E-state index < -0.39 is 0 Å². The highest BCUT2D eigenvalue weighted by atomic mass is 32.1. The van der Waals surface area contributed by atoms with Crippen LogP contribution in [-0.2, 0) is 5.41 Å². The van der Waals surface area contributed by atoms with E-state index in [9.17, 15) is 0 Å². The first-order valence-electron chi connectivity index (χ1n) is 19.2. The second-order valence-electron chi connectivity index (χ2n) is 15.4. The summed E-state index contributed by atoms with van der Waals surface area (Å²) < 4.78 is 8.72. The smallest absolute Gasteiger partial charge is 0.227 e. The fourth-order valence-corrected chi connectivity index (χ4v) is 10.1. The van der Waals surface area contributed by atoms with Crippen molar-refractivity contribution in [2.45, 2.75) is 19.3 Å². The Hall–Kier alpha value is -7.02. The van der Waals surface area contributed by atoms with Gasteiger partial charge in [-0.1, -0.05) is 129 Å². The van der Waals surface area contributed by atoms with Crippen LogP contribution >= 0.6 is 11.3 Å². The average molecular weight is 749 g/mol. The van der Waals surface area contributed by atoms with E-state index in [1.54, 1.807) is 11.3 Å². The molecule has 0 N–H and O–H groups in total. The fourth-order valence-electron chi connectivity index (χ4n) is 9.02. The molecule has 0 aliphatic heterocycles. The van der Waals surface area contributed by atoms with Gasteiger partial charge in [-0.15, -0.1) is 11.3 Å². The summed E-state index contributed by atoms with van der Waals surface area (Å²) in [5.41, 5.74) is 10.3. The monoisotopic (exact) mass is 748 g/mol. The van der Waals surface area contributed by atoms with Gasteiger partial charge in [0.05, 0.1) is 0 Å². The number of benzene rings is 8. The Kier molecular flexibility index (Phi) is 6.78. The van der Waals surface area contributed by atoms with Crippen molar-refractivity contribution < 1.29 is 4.42 Å². The van der Waals surface area contributed by atoms with Gasteiger partial charge in [-0.25, -0.2) is 19.9 Å². The maximum atomic E-state index is 6.36. The van der Waals surface area contributed by atoms with Crippen molar-refractivity contribution in [2.75, 3.05) is 0 Å². The lowest BCUT2D eigenvalue weighted by molar-refractivity contribution is 0.620. The highest BCUT2D eigenvalue weighted by Crippen LogP contribution is 2.52. The third-order valence-corrected chi connectivity index (χ3v) is 12.8. The standard InChI is InChI=1S/C51H32N4OS/c1-51(2)39-18-9-8-15-35(39)36-16-10-17-37(45(36)51)49-54-47(33-21-19-29-11-6-7-14-32(29)27-33)53-48(55-49)34-22-20-30-23-25-41-43(38(30)28-34)44-42(57-41)26-24-40-46(44)52-50(56-40)31-12-4-3-5-13-31/h3-28H,1-2H3. The van der Waals surface area contributed by atoms with Crippen LogP contribution in [0.15, 0.2) is 162 Å². The van der Waals surface area contributed by atoms with Crippen LogP contribution in [0.2, 0.25) is 0 Å². The van der Waals surface area contributed by atoms with E-state index in [1.807, 2.05) is 36.4 Å². The van der Waals surface area contributed by atoms with E-state index in [0.29, 0.717) is 23.4 Å². The third kappa shape index (κ3) is 4.87. The Morgan fingerprint density at radius 3 is 1.98 bits per heavy atom. The fraction of sp³-hybridized carbons (Fsp3) is 0.0588. The zero-order chi connectivity index (χ0) is 37.8. The SMILES string of the molecule is CC1(C)c2ccccc2-c2cccc(-c3nc(-c4ccc5ccccc5c4)nc(-c4ccc5ccc6sc7ccc8oc(-c9ccccc9)nc8c7c6c5c4)n3)c21. The van der Waals surface area contributed by atoms with Gasteiger partial charge in [0.15, 0.2) is 23.1 Å². The average Bonchev–Trinajstić information content (AvgIpc) is 3.94. The van der Waals surface area contributed by atoms with Gasteiger partial charge in [-0.05, 0) is 86.3 Å². The first-order chi connectivity index (χ1) is 28.0. The maximum Gasteiger partial charge on any atom is 0.227 e. The molecule has 3 aromatic heterocycles. The molecular weight excluding hydrogens is 717 g/mol. The number of fused-ring (bicyclic) bond motifs is 11. The lowest BCUT2D eigenvalue weighted by Crippen LogP contribution is -2.17. The summed E-state index contributed by atoms with van der Waals surface area (Å²) in [5.74, 6) is 2.56. The molecule has 0 saturated heterocycles. The van der Waals surface area contributed by atoms with Crippen LogP contribution < -0.4 is 0 Å². The van der Waals surface area contributed by atoms with Crippen molar-refractivity contribution in [3.05, 3.63) is 169 Å². The van der Waals surface area contributed by atoms with Crippen molar-refractivity contribution in [2.24, 2.45) is 0 Å². The number of thiophene rings is 1. The summed E-state index contributed by atoms with van der Waals surface area (Å²) in [6, 6.07) is 55.4. The van der Waals surface area contributed by atoms with Gasteiger partial charge >= 0.3 is 0 Å². The summed E-state index contributed by atoms with van der Waals surface area (Å²) >= 11 is 1.78. The number of rotatable bonds is 4. The molecule has 0 atom stereocenters. The van der Waals surface area contributed by atoms with Crippen molar-refractivity contribution in [3.8, 4) is 56.7 Å². The van der Waals surface area contributed by atoms with Gasteiger partial charge in [0, 0.05) is 47.8 Å². The second-order valence-corrected chi connectivity index (χ2v) is 16.5. The molecule has 0 fully saturated rings. The van der Waals surface area contributed by atoms with Gasteiger partial charge in [-0.3, -0.25) is 0 Å². The molecule has 1 aliphatic carbocycles. The van der Waals surface area contributed by atoms with Crippen LogP contribution in [0.5, 0.6) is 0 Å². The first kappa shape index (κ1) is 32.2. The summed E-state index contributed by atoms with van der Waals surface area (Å²) in [6.45, 7) is 4.61. The number of oxazole rings is 1. The molecule has 0 unspecified atom stereocenters. The topological polar surface area (TPSA) is 64.7 Å². The molecule has 268 valence electrons. The zero-order valence-electron chi connectivity index (χ0n) is 31.1. The van der Waals surface area contributed by atoms with Crippen LogP contribution in [0.3, 0.4) is 0 Å². The molecule has 0 saturated carbocycles. The van der Waals surface area contributed by atoms with E-state index in [1.165, 1.54) is 37.0 Å². The van der Waals surface area contributed by atoms with Gasteiger partial charge in [0.1, 0.15) is 5.52 Å². The number of hydrogen-bond donors (Lipinski definition) is 0. The molecule has 5 nitrogen and oxygen atoms in total. The van der Waals surface area contributed by atoms with E-state index in [-0.39, 0.29) is 5.41 Å². The quantitative estimate of drug-likeness (QED) is 0.179. The Bertz CT molecular complexity index is 3450. The minimum Gasteiger partial charge on any atom is -0.436 e. The summed E-state index contributed by atoms with van der Waals surface area (Å²) in [6.07, 6.45) is 0. The van der Waals surface area contributed by atoms with E-state index >= 15 is 0 Å². The minimum atomic E-state index is -0.236. The lowest BCUT2D eigenvalue weighted by atomic mass is 9.80. The molecule has 1 aliphatic rings. The van der Waals surface area contributed by atoms with Crippen LogP contribution in [0.1, 0.15) is 25.0 Å². The molecule has 6 heteroatoms. The lowest BCUT2D eigenvalue weighted by Gasteiger charge is -2.24. The predicted molar refractivity (Wildman–Crippen MR) is 235 cm³/mol. The van der Waals surface area contributed by atoms with E-state index in [0.717, 1.165) is 60.3 Å². The van der Waals surface area contributed by atoms with E-state index in [4.69, 9.17) is 24.4 Å². The second kappa shape index (κ2) is 12.0. The van der Waals surface area contributed by atoms with Crippen molar-refractivity contribution in [3.63, 3.8) is 0 Å². The molecule has 0 bridgehead atoms. The van der Waals surface area contributed by atoms with E-state index in [2.05, 4.69) is 135 Å². The van der Waals surface area contributed by atoms with Crippen molar-refractivity contribution in [1.29, 1.82) is 0 Å². The highest BCUT2D eigenvalue weighted by molar-refractivity contribution is 7.26. The molecule has 8 aromatic carbocycles. The third-order valence-electron chi connectivity index (χ3n) is 11.7. The van der Waals surface area contributed by atoms with Gasteiger partial charge in [-0.2, -0.15) is 0 Å². The Labute approximate surface area is 332 Å². The van der Waals surface area contributed by atoms with Gasteiger partial charge < -0.3 is 4.42 Å². The Morgan fingerprint density at radius 2 is 1.12 bits per heavy atom. The molecule has 0 amide bonds. The Balaban J connectivity index is 1.10. The molecule has 12 rings (SSSR count).